The van der Waals surface area contributed by atoms with E-state index in [1.54, 1.807) is 6.07 Å². The molecule has 0 radical (unpaired) electrons. The lowest BCUT2D eigenvalue weighted by Crippen LogP contribution is -2.11. The van der Waals surface area contributed by atoms with Gasteiger partial charge in [0.2, 0.25) is 0 Å². The molecule has 0 aliphatic heterocycles. The molecule has 0 saturated heterocycles. The smallest absolute Gasteiger partial charge is 0.278 e. The van der Waals surface area contributed by atoms with Crippen molar-refractivity contribution in [1.82, 2.24) is 0 Å². The predicted molar refractivity (Wildman–Crippen MR) is 63.4 cm³/mol. The molecule has 2 N–H and O–H groups in total. The molecule has 17 heavy (non-hydrogen) atoms. The second kappa shape index (κ2) is 5.49. The fraction of sp³-hybridized carbons (Fsp3) is 0.455. The van der Waals surface area contributed by atoms with Gasteiger partial charge in [0.1, 0.15) is 0 Å². The molecular formula is C11H16N2O4. The van der Waals surface area contributed by atoms with E-state index < -0.39 is 11.0 Å². The number of ether oxygens (including phenoxy) is 2. The monoisotopic (exact) mass is 240 g/mol. The lowest BCUT2D eigenvalue weighted by atomic mass is 10.0. The molecule has 1 aromatic carbocycles. The number of hydrogen-bond acceptors (Lipinski definition) is 5. The summed E-state index contributed by atoms with van der Waals surface area (Å²) in [4.78, 5) is 10.5. The van der Waals surface area contributed by atoms with Gasteiger partial charge in [0, 0.05) is 6.04 Å². The second-order valence-electron chi connectivity index (χ2n) is 3.54. The van der Waals surface area contributed by atoms with E-state index in [1.807, 2.05) is 6.92 Å². The number of nitrogens with two attached hydrogens (primary N) is 1. The maximum Gasteiger partial charge on any atom is 0.278 e. The first-order chi connectivity index (χ1) is 8.04. The Morgan fingerprint density at radius 1 is 1.35 bits per heavy atom. The molecule has 0 aromatic heterocycles. The van der Waals surface area contributed by atoms with Crippen molar-refractivity contribution in [2.75, 3.05) is 14.2 Å². The molecular weight excluding hydrogens is 224 g/mol. The highest BCUT2D eigenvalue weighted by molar-refractivity contribution is 5.55. The summed E-state index contributed by atoms with van der Waals surface area (Å²) in [6.45, 7) is 1.87. The van der Waals surface area contributed by atoms with Gasteiger partial charge in [0.15, 0.2) is 11.5 Å². The maximum atomic E-state index is 11.0. The average molecular weight is 240 g/mol. The molecule has 1 rings (SSSR count). The summed E-state index contributed by atoms with van der Waals surface area (Å²) in [6, 6.07) is 2.50. The van der Waals surface area contributed by atoms with Gasteiger partial charge in [-0.3, -0.25) is 10.1 Å². The molecule has 0 bridgehead atoms. The quantitative estimate of drug-likeness (QED) is 0.628. The minimum atomic E-state index is -0.465. The molecule has 6 heteroatoms. The maximum absolute atomic E-state index is 11.0. The van der Waals surface area contributed by atoms with Crippen LogP contribution in [0.15, 0.2) is 12.1 Å². The van der Waals surface area contributed by atoms with E-state index in [9.17, 15) is 10.1 Å². The Balaban J connectivity index is 3.40. The number of nitrogens with zero attached hydrogens (tertiary/aromatic N) is 1. The van der Waals surface area contributed by atoms with Crippen LogP contribution >= 0.6 is 0 Å². The normalized spacial score (nSPS) is 12.0. The highest BCUT2D eigenvalue weighted by Gasteiger charge is 2.22. The van der Waals surface area contributed by atoms with E-state index in [1.165, 1.54) is 20.3 Å². The Labute approximate surface area is 99.5 Å². The SMILES string of the molecule is CCC(N)c1cc(OC)c(OC)cc1[N+](=O)[O-]. The first-order valence-corrected chi connectivity index (χ1v) is 5.21. The van der Waals surface area contributed by atoms with E-state index in [4.69, 9.17) is 15.2 Å². The molecule has 1 aromatic rings. The minimum Gasteiger partial charge on any atom is -0.493 e. The zero-order chi connectivity index (χ0) is 13.0. The molecule has 0 aliphatic carbocycles. The Morgan fingerprint density at radius 3 is 2.29 bits per heavy atom. The Kier molecular flexibility index (Phi) is 4.28. The summed E-state index contributed by atoms with van der Waals surface area (Å²) in [6.07, 6.45) is 0.607. The minimum absolute atomic E-state index is 0.0444. The molecule has 0 spiro atoms. The van der Waals surface area contributed by atoms with E-state index in [0.29, 0.717) is 23.5 Å². The lowest BCUT2D eigenvalue weighted by molar-refractivity contribution is -0.385. The van der Waals surface area contributed by atoms with Crippen LogP contribution in [0, 0.1) is 10.1 Å². The van der Waals surface area contributed by atoms with E-state index in [0.717, 1.165) is 0 Å². The van der Waals surface area contributed by atoms with Crippen molar-refractivity contribution >= 4 is 5.69 Å². The van der Waals surface area contributed by atoms with Gasteiger partial charge in [-0.2, -0.15) is 0 Å². The van der Waals surface area contributed by atoms with Gasteiger partial charge < -0.3 is 15.2 Å². The molecule has 1 atom stereocenters. The van der Waals surface area contributed by atoms with Gasteiger partial charge in [-0.25, -0.2) is 0 Å². The third-order valence-electron chi connectivity index (χ3n) is 2.57. The van der Waals surface area contributed by atoms with Crippen molar-refractivity contribution < 1.29 is 14.4 Å². The highest BCUT2D eigenvalue weighted by Crippen LogP contribution is 2.37. The number of nitro groups is 1. The third-order valence-corrected chi connectivity index (χ3v) is 2.57. The summed E-state index contributed by atoms with van der Waals surface area (Å²) in [7, 11) is 2.91. The number of rotatable bonds is 5. The van der Waals surface area contributed by atoms with Crippen molar-refractivity contribution in [1.29, 1.82) is 0 Å². The molecule has 1 unspecified atom stereocenters. The highest BCUT2D eigenvalue weighted by atomic mass is 16.6. The molecule has 0 heterocycles. The Hall–Kier alpha value is -1.82. The number of methoxy groups -OCH3 is 2. The van der Waals surface area contributed by atoms with Crippen LogP contribution in [0.3, 0.4) is 0 Å². The standard InChI is InChI=1S/C11H16N2O4/c1-4-8(12)7-5-10(16-2)11(17-3)6-9(7)13(14)15/h5-6,8H,4,12H2,1-3H3. The van der Waals surface area contributed by atoms with Crippen molar-refractivity contribution in [2.24, 2.45) is 5.73 Å². The number of hydrogen-bond donors (Lipinski definition) is 1. The third kappa shape index (κ3) is 2.65. The molecule has 94 valence electrons. The topological polar surface area (TPSA) is 87.6 Å². The average Bonchev–Trinajstić information content (AvgIpc) is 2.35. The largest absolute Gasteiger partial charge is 0.493 e. The number of benzene rings is 1. The van der Waals surface area contributed by atoms with Crippen LogP contribution in [0.5, 0.6) is 11.5 Å². The zero-order valence-electron chi connectivity index (χ0n) is 10.1. The fourth-order valence-electron chi connectivity index (χ4n) is 1.56. The van der Waals surface area contributed by atoms with Gasteiger partial charge in [-0.05, 0) is 12.5 Å². The molecule has 0 aliphatic rings. The van der Waals surface area contributed by atoms with Crippen LogP contribution in [0.4, 0.5) is 5.69 Å². The van der Waals surface area contributed by atoms with Crippen molar-refractivity contribution in [3.63, 3.8) is 0 Å². The van der Waals surface area contributed by atoms with Crippen LogP contribution in [-0.4, -0.2) is 19.1 Å². The molecule has 0 saturated carbocycles. The van der Waals surface area contributed by atoms with Gasteiger partial charge >= 0.3 is 0 Å². The summed E-state index contributed by atoms with van der Waals surface area (Å²) >= 11 is 0. The van der Waals surface area contributed by atoms with Crippen molar-refractivity contribution in [2.45, 2.75) is 19.4 Å². The first kappa shape index (κ1) is 13.2. The summed E-state index contributed by atoms with van der Waals surface area (Å²) < 4.78 is 10.1. The van der Waals surface area contributed by atoms with Crippen molar-refractivity contribution in [3.05, 3.63) is 27.8 Å². The van der Waals surface area contributed by atoms with Crippen LogP contribution in [0.25, 0.3) is 0 Å². The van der Waals surface area contributed by atoms with E-state index >= 15 is 0 Å². The number of nitro benzene ring substituents is 1. The summed E-state index contributed by atoms with van der Waals surface area (Å²) in [5.41, 5.74) is 6.26. The second-order valence-corrected chi connectivity index (χ2v) is 3.54. The summed E-state index contributed by atoms with van der Waals surface area (Å²) in [5.74, 6) is 0.767. The van der Waals surface area contributed by atoms with E-state index in [-0.39, 0.29) is 5.69 Å². The van der Waals surface area contributed by atoms with E-state index in [2.05, 4.69) is 0 Å². The summed E-state index contributed by atoms with van der Waals surface area (Å²) in [5, 5.41) is 11.0. The Bertz CT molecular complexity index is 420. The van der Waals surface area contributed by atoms with Gasteiger partial charge in [-0.1, -0.05) is 6.92 Å². The van der Waals surface area contributed by atoms with Crippen LogP contribution < -0.4 is 15.2 Å². The molecule has 6 nitrogen and oxygen atoms in total. The lowest BCUT2D eigenvalue weighted by Gasteiger charge is -2.13. The zero-order valence-corrected chi connectivity index (χ0v) is 10.1. The van der Waals surface area contributed by atoms with Gasteiger partial charge in [0.05, 0.1) is 30.8 Å². The van der Waals surface area contributed by atoms with Crippen LogP contribution in [-0.2, 0) is 0 Å². The van der Waals surface area contributed by atoms with Crippen LogP contribution in [0.2, 0.25) is 0 Å². The first-order valence-electron chi connectivity index (χ1n) is 5.21. The molecule has 0 fully saturated rings. The Morgan fingerprint density at radius 2 is 1.88 bits per heavy atom. The molecule has 0 amide bonds. The fourth-order valence-corrected chi connectivity index (χ4v) is 1.56. The van der Waals surface area contributed by atoms with Crippen LogP contribution in [0.1, 0.15) is 24.9 Å². The van der Waals surface area contributed by atoms with Gasteiger partial charge in [-0.15, -0.1) is 0 Å². The predicted octanol–water partition coefficient (Wildman–Crippen LogP) is 2.02. The van der Waals surface area contributed by atoms with Gasteiger partial charge in [0.25, 0.3) is 5.69 Å². The van der Waals surface area contributed by atoms with Crippen molar-refractivity contribution in [3.8, 4) is 11.5 Å².